The van der Waals surface area contributed by atoms with Crippen LogP contribution in [0.2, 0.25) is 0 Å². The predicted octanol–water partition coefficient (Wildman–Crippen LogP) is 1.37. The normalized spacial score (nSPS) is 20.9. The molecule has 0 aliphatic carbocycles. The van der Waals surface area contributed by atoms with Crippen molar-refractivity contribution in [2.24, 2.45) is 11.7 Å². The third-order valence-corrected chi connectivity index (χ3v) is 3.69. The van der Waals surface area contributed by atoms with Crippen molar-refractivity contribution in [1.82, 2.24) is 5.32 Å². The van der Waals surface area contributed by atoms with Gasteiger partial charge in [0.25, 0.3) is 0 Å². The summed E-state index contributed by atoms with van der Waals surface area (Å²) in [7, 11) is 0. The fourth-order valence-electron chi connectivity index (χ4n) is 2.42. The van der Waals surface area contributed by atoms with Crippen LogP contribution in [-0.4, -0.2) is 31.6 Å². The number of para-hydroxylation sites is 1. The number of piperidine rings is 1. The molecule has 1 amide bonds. The molecule has 1 aromatic carbocycles. The number of rotatable bonds is 4. The molecule has 19 heavy (non-hydrogen) atoms. The lowest BCUT2D eigenvalue weighted by Gasteiger charge is -2.35. The van der Waals surface area contributed by atoms with Crippen LogP contribution in [0.5, 0.6) is 0 Å². The number of amides is 1. The molecule has 3 N–H and O–H groups in total. The minimum atomic E-state index is -0.105. The lowest BCUT2D eigenvalue weighted by molar-refractivity contribution is -0.124. The summed E-state index contributed by atoms with van der Waals surface area (Å²) < 4.78 is 0. The molecule has 104 valence electrons. The Morgan fingerprint density at radius 2 is 2.21 bits per heavy atom. The summed E-state index contributed by atoms with van der Waals surface area (Å²) >= 11 is 0. The highest BCUT2D eigenvalue weighted by Gasteiger charge is 2.22. The summed E-state index contributed by atoms with van der Waals surface area (Å²) in [6.07, 6.45) is 2.16. The molecular weight excluding hydrogens is 238 g/mol. The molecule has 0 saturated carbocycles. The van der Waals surface area contributed by atoms with Crippen molar-refractivity contribution in [3.63, 3.8) is 0 Å². The number of nitrogens with zero attached hydrogens (tertiary/aromatic N) is 1. The quantitative estimate of drug-likeness (QED) is 0.860. The van der Waals surface area contributed by atoms with Crippen molar-refractivity contribution < 1.29 is 4.79 Å². The Bertz CT molecular complexity index is 407. The van der Waals surface area contributed by atoms with Gasteiger partial charge in [-0.15, -0.1) is 0 Å². The highest BCUT2D eigenvalue weighted by atomic mass is 16.1. The van der Waals surface area contributed by atoms with E-state index in [-0.39, 0.29) is 17.9 Å². The van der Waals surface area contributed by atoms with Crippen LogP contribution in [0.4, 0.5) is 5.69 Å². The molecule has 0 radical (unpaired) electrons. The highest BCUT2D eigenvalue weighted by molar-refractivity contribution is 5.78. The van der Waals surface area contributed by atoms with E-state index in [1.54, 1.807) is 0 Å². The molecule has 1 saturated heterocycles. The second-order valence-electron chi connectivity index (χ2n) is 5.27. The van der Waals surface area contributed by atoms with Crippen molar-refractivity contribution in [3.8, 4) is 0 Å². The third-order valence-electron chi connectivity index (χ3n) is 3.69. The van der Waals surface area contributed by atoms with Crippen LogP contribution in [0.3, 0.4) is 0 Å². The average molecular weight is 261 g/mol. The zero-order chi connectivity index (χ0) is 13.7. The number of nitrogens with two attached hydrogens (primary N) is 1. The molecule has 0 spiro atoms. The van der Waals surface area contributed by atoms with Crippen molar-refractivity contribution >= 4 is 11.6 Å². The number of carbonyl (C=O) groups excluding carboxylic acids is 1. The van der Waals surface area contributed by atoms with E-state index in [0.29, 0.717) is 6.54 Å². The van der Waals surface area contributed by atoms with Gasteiger partial charge in [-0.25, -0.2) is 0 Å². The molecule has 4 heteroatoms. The molecule has 2 rings (SSSR count). The van der Waals surface area contributed by atoms with Gasteiger partial charge < -0.3 is 16.0 Å². The monoisotopic (exact) mass is 261 g/mol. The van der Waals surface area contributed by atoms with Crippen molar-refractivity contribution in [2.75, 3.05) is 24.5 Å². The van der Waals surface area contributed by atoms with E-state index in [4.69, 9.17) is 5.73 Å². The second kappa shape index (κ2) is 6.57. The van der Waals surface area contributed by atoms with E-state index in [1.165, 1.54) is 5.69 Å². The molecule has 0 bridgehead atoms. The second-order valence-corrected chi connectivity index (χ2v) is 5.27. The van der Waals surface area contributed by atoms with Gasteiger partial charge in [-0.1, -0.05) is 25.1 Å². The van der Waals surface area contributed by atoms with Crippen LogP contribution in [0.15, 0.2) is 30.3 Å². The van der Waals surface area contributed by atoms with E-state index in [1.807, 2.05) is 25.1 Å². The number of carbonyl (C=O) groups is 1. The van der Waals surface area contributed by atoms with Crippen molar-refractivity contribution in [2.45, 2.75) is 25.8 Å². The van der Waals surface area contributed by atoms with Gasteiger partial charge in [0.05, 0.1) is 0 Å². The van der Waals surface area contributed by atoms with E-state index in [0.717, 1.165) is 25.9 Å². The van der Waals surface area contributed by atoms with Crippen molar-refractivity contribution in [3.05, 3.63) is 30.3 Å². The fourth-order valence-corrected chi connectivity index (χ4v) is 2.42. The van der Waals surface area contributed by atoms with Gasteiger partial charge in [0.2, 0.25) is 5.91 Å². The first-order chi connectivity index (χ1) is 9.20. The van der Waals surface area contributed by atoms with Gasteiger partial charge in [0, 0.05) is 37.3 Å². The molecular formula is C15H23N3O. The largest absolute Gasteiger partial charge is 0.369 e. The zero-order valence-electron chi connectivity index (χ0n) is 11.5. The first kappa shape index (κ1) is 13.9. The summed E-state index contributed by atoms with van der Waals surface area (Å²) in [5, 5.41) is 3.11. The third kappa shape index (κ3) is 3.70. The van der Waals surface area contributed by atoms with E-state index >= 15 is 0 Å². The lowest BCUT2D eigenvalue weighted by atomic mass is 10.0. The molecule has 2 unspecified atom stereocenters. The smallest absolute Gasteiger partial charge is 0.224 e. The van der Waals surface area contributed by atoms with Crippen LogP contribution in [-0.2, 0) is 4.79 Å². The summed E-state index contributed by atoms with van der Waals surface area (Å²) in [6.45, 7) is 4.21. The number of hydrogen-bond donors (Lipinski definition) is 2. The van der Waals surface area contributed by atoms with Crippen LogP contribution in [0.1, 0.15) is 19.8 Å². The van der Waals surface area contributed by atoms with Crippen molar-refractivity contribution in [1.29, 1.82) is 0 Å². The summed E-state index contributed by atoms with van der Waals surface area (Å²) in [5.41, 5.74) is 6.76. The number of anilines is 1. The first-order valence-electron chi connectivity index (χ1n) is 7.01. The molecule has 0 aromatic heterocycles. The Morgan fingerprint density at radius 1 is 1.47 bits per heavy atom. The first-order valence-corrected chi connectivity index (χ1v) is 7.01. The summed E-state index contributed by atoms with van der Waals surface area (Å²) in [4.78, 5) is 14.2. The molecule has 1 aliphatic heterocycles. The topological polar surface area (TPSA) is 58.4 Å². The van der Waals surface area contributed by atoms with E-state index in [2.05, 4.69) is 22.3 Å². The Labute approximate surface area is 115 Å². The minimum absolute atomic E-state index is 0.0717. The van der Waals surface area contributed by atoms with Gasteiger partial charge in [-0.2, -0.15) is 0 Å². The molecule has 1 aliphatic rings. The molecule has 1 aromatic rings. The van der Waals surface area contributed by atoms with Crippen LogP contribution >= 0.6 is 0 Å². The van der Waals surface area contributed by atoms with Gasteiger partial charge in [0.1, 0.15) is 0 Å². The van der Waals surface area contributed by atoms with Crippen LogP contribution in [0, 0.1) is 5.92 Å². The van der Waals surface area contributed by atoms with Gasteiger partial charge in [0.15, 0.2) is 0 Å². The molecule has 1 heterocycles. The SMILES string of the molecule is CC(CN)C(=O)NC1CCCN(c2ccccc2)C1. The summed E-state index contributed by atoms with van der Waals surface area (Å²) in [5.74, 6) is -0.0329. The molecule has 1 fully saturated rings. The Hall–Kier alpha value is -1.55. The fraction of sp³-hybridized carbons (Fsp3) is 0.533. The minimum Gasteiger partial charge on any atom is -0.369 e. The number of hydrogen-bond acceptors (Lipinski definition) is 3. The van der Waals surface area contributed by atoms with Gasteiger partial charge in [-0.05, 0) is 25.0 Å². The Morgan fingerprint density at radius 3 is 2.89 bits per heavy atom. The summed E-state index contributed by atoms with van der Waals surface area (Å²) in [6, 6.07) is 10.6. The zero-order valence-corrected chi connectivity index (χ0v) is 11.5. The van der Waals surface area contributed by atoms with Gasteiger partial charge in [-0.3, -0.25) is 4.79 Å². The maximum atomic E-state index is 11.9. The number of benzene rings is 1. The van der Waals surface area contributed by atoms with Gasteiger partial charge >= 0.3 is 0 Å². The molecule has 4 nitrogen and oxygen atoms in total. The predicted molar refractivity (Wildman–Crippen MR) is 78.0 cm³/mol. The standard InChI is InChI=1S/C15H23N3O/c1-12(10-16)15(19)17-13-6-5-9-18(11-13)14-7-3-2-4-8-14/h2-4,7-8,12-13H,5-6,9-11,16H2,1H3,(H,17,19). The average Bonchev–Trinajstić information content (AvgIpc) is 2.47. The number of nitrogens with one attached hydrogen (secondary N) is 1. The molecule has 2 atom stereocenters. The lowest BCUT2D eigenvalue weighted by Crippen LogP contribution is -2.49. The van der Waals surface area contributed by atoms with E-state index < -0.39 is 0 Å². The Balaban J connectivity index is 1.92. The highest BCUT2D eigenvalue weighted by Crippen LogP contribution is 2.19. The maximum absolute atomic E-state index is 11.9. The van der Waals surface area contributed by atoms with Crippen LogP contribution < -0.4 is 16.0 Å². The Kier molecular flexibility index (Phi) is 4.80. The van der Waals surface area contributed by atoms with E-state index in [9.17, 15) is 4.79 Å². The maximum Gasteiger partial charge on any atom is 0.224 e. The van der Waals surface area contributed by atoms with Crippen LogP contribution in [0.25, 0.3) is 0 Å².